The SMILES string of the molecule is O=C(NCC(O)COc1ccc2c(c1)OCO2)c1cccc(-n2nccc2-c2ccccc2)c1. The van der Waals surface area contributed by atoms with Gasteiger partial charge in [-0.05, 0) is 36.4 Å². The van der Waals surface area contributed by atoms with E-state index in [0.29, 0.717) is 22.8 Å². The maximum atomic E-state index is 12.7. The van der Waals surface area contributed by atoms with E-state index in [2.05, 4.69) is 10.4 Å². The number of rotatable bonds is 8. The average molecular weight is 457 g/mol. The molecular weight excluding hydrogens is 434 g/mol. The Kier molecular flexibility index (Phi) is 6.13. The molecule has 0 saturated carbocycles. The van der Waals surface area contributed by atoms with Crippen molar-refractivity contribution in [3.8, 4) is 34.2 Å². The molecule has 8 heteroatoms. The van der Waals surface area contributed by atoms with Crippen molar-refractivity contribution < 1.29 is 24.1 Å². The highest BCUT2D eigenvalue weighted by atomic mass is 16.7. The number of hydrogen-bond acceptors (Lipinski definition) is 6. The molecule has 2 N–H and O–H groups in total. The van der Waals surface area contributed by atoms with E-state index in [-0.39, 0.29) is 25.9 Å². The predicted molar refractivity (Wildman–Crippen MR) is 125 cm³/mol. The van der Waals surface area contributed by atoms with Gasteiger partial charge in [0.15, 0.2) is 11.5 Å². The minimum atomic E-state index is -0.881. The predicted octanol–water partition coefficient (Wildman–Crippen LogP) is 3.44. The molecule has 34 heavy (non-hydrogen) atoms. The quantitative estimate of drug-likeness (QED) is 0.421. The molecule has 8 nitrogen and oxygen atoms in total. The summed E-state index contributed by atoms with van der Waals surface area (Å²) in [7, 11) is 0. The molecule has 2 heterocycles. The van der Waals surface area contributed by atoms with Gasteiger partial charge >= 0.3 is 0 Å². The molecule has 3 aromatic carbocycles. The van der Waals surface area contributed by atoms with Crippen molar-refractivity contribution >= 4 is 5.91 Å². The summed E-state index contributed by atoms with van der Waals surface area (Å²) < 4.78 is 18.0. The van der Waals surface area contributed by atoms with Crippen molar-refractivity contribution in [2.24, 2.45) is 0 Å². The van der Waals surface area contributed by atoms with E-state index in [0.717, 1.165) is 16.9 Å². The number of amides is 1. The van der Waals surface area contributed by atoms with Gasteiger partial charge in [-0.15, -0.1) is 0 Å². The number of carbonyl (C=O) groups excluding carboxylic acids is 1. The first-order chi connectivity index (χ1) is 16.7. The Morgan fingerprint density at radius 3 is 2.76 bits per heavy atom. The summed E-state index contributed by atoms with van der Waals surface area (Å²) in [5, 5.41) is 17.4. The summed E-state index contributed by atoms with van der Waals surface area (Å²) >= 11 is 0. The molecule has 0 saturated heterocycles. The molecule has 1 unspecified atom stereocenters. The molecule has 0 spiro atoms. The summed E-state index contributed by atoms with van der Waals surface area (Å²) in [6.45, 7) is 0.251. The van der Waals surface area contributed by atoms with E-state index in [1.165, 1.54) is 0 Å². The molecular formula is C26H23N3O5. The van der Waals surface area contributed by atoms with Crippen molar-refractivity contribution in [3.63, 3.8) is 0 Å². The lowest BCUT2D eigenvalue weighted by atomic mass is 10.1. The molecule has 1 atom stereocenters. The third-order valence-electron chi connectivity index (χ3n) is 5.35. The lowest BCUT2D eigenvalue weighted by molar-refractivity contribution is 0.0843. The highest BCUT2D eigenvalue weighted by molar-refractivity contribution is 5.94. The fraction of sp³-hybridized carbons (Fsp3) is 0.154. The zero-order chi connectivity index (χ0) is 23.3. The molecule has 1 aromatic heterocycles. The minimum absolute atomic E-state index is 0.0215. The van der Waals surface area contributed by atoms with E-state index in [1.807, 2.05) is 42.5 Å². The van der Waals surface area contributed by atoms with Crippen LogP contribution in [0.2, 0.25) is 0 Å². The van der Waals surface area contributed by atoms with Crippen molar-refractivity contribution in [3.05, 3.63) is 90.6 Å². The second-order valence-electron chi connectivity index (χ2n) is 7.73. The number of carbonyl (C=O) groups is 1. The Morgan fingerprint density at radius 1 is 1.03 bits per heavy atom. The number of aromatic nitrogens is 2. The Labute approximate surface area is 196 Å². The number of hydrogen-bond donors (Lipinski definition) is 2. The van der Waals surface area contributed by atoms with E-state index in [1.54, 1.807) is 47.3 Å². The number of benzene rings is 3. The molecule has 5 rings (SSSR count). The van der Waals surface area contributed by atoms with Crippen molar-refractivity contribution in [1.82, 2.24) is 15.1 Å². The van der Waals surface area contributed by atoms with Gasteiger partial charge in [-0.25, -0.2) is 4.68 Å². The van der Waals surface area contributed by atoms with E-state index in [9.17, 15) is 9.90 Å². The summed E-state index contributed by atoms with van der Waals surface area (Å²) in [4.78, 5) is 12.7. The maximum Gasteiger partial charge on any atom is 0.251 e. The fourth-order valence-electron chi connectivity index (χ4n) is 3.65. The summed E-state index contributed by atoms with van der Waals surface area (Å²) in [5.74, 6) is 1.52. The first kappa shape index (κ1) is 21.5. The normalized spacial score (nSPS) is 12.9. The standard InChI is InChI=1S/C26H23N3O5/c30-21(16-32-22-9-10-24-25(14-22)34-17-33-24)15-27-26(31)19-7-4-8-20(13-19)29-23(11-12-28-29)18-5-2-1-3-6-18/h1-14,21,30H,15-17H2,(H,27,31). The average Bonchev–Trinajstić information content (AvgIpc) is 3.56. The molecule has 172 valence electrons. The Hall–Kier alpha value is -4.30. The second-order valence-corrected chi connectivity index (χ2v) is 7.73. The van der Waals surface area contributed by atoms with Gasteiger partial charge in [0.2, 0.25) is 6.79 Å². The van der Waals surface area contributed by atoms with Crippen molar-refractivity contribution in [2.75, 3.05) is 19.9 Å². The molecule has 0 radical (unpaired) electrons. The first-order valence-corrected chi connectivity index (χ1v) is 10.9. The zero-order valence-electron chi connectivity index (χ0n) is 18.3. The summed E-state index contributed by atoms with van der Waals surface area (Å²) in [6, 6.07) is 24.2. The fourth-order valence-corrected chi connectivity index (χ4v) is 3.65. The molecule has 4 aromatic rings. The van der Waals surface area contributed by atoms with Crippen LogP contribution in [0.4, 0.5) is 0 Å². The molecule has 0 bridgehead atoms. The summed E-state index contributed by atoms with van der Waals surface area (Å²) in [6.07, 6.45) is 0.847. The number of fused-ring (bicyclic) bond motifs is 1. The van der Waals surface area contributed by atoms with Crippen LogP contribution in [0.3, 0.4) is 0 Å². The second kappa shape index (κ2) is 9.68. The zero-order valence-corrected chi connectivity index (χ0v) is 18.3. The lowest BCUT2D eigenvalue weighted by Gasteiger charge is -2.14. The van der Waals surface area contributed by atoms with Crippen LogP contribution in [0.15, 0.2) is 85.1 Å². The third-order valence-corrected chi connectivity index (χ3v) is 5.35. The van der Waals surface area contributed by atoms with Crippen LogP contribution < -0.4 is 19.5 Å². The smallest absolute Gasteiger partial charge is 0.251 e. The van der Waals surface area contributed by atoms with Crippen LogP contribution in [0.1, 0.15) is 10.4 Å². The topological polar surface area (TPSA) is 94.8 Å². The number of aliphatic hydroxyl groups is 1. The molecule has 0 fully saturated rings. The monoisotopic (exact) mass is 457 g/mol. The van der Waals surface area contributed by atoms with Gasteiger partial charge in [0, 0.05) is 23.7 Å². The van der Waals surface area contributed by atoms with Crippen molar-refractivity contribution in [2.45, 2.75) is 6.10 Å². The number of aliphatic hydroxyl groups excluding tert-OH is 1. The van der Waals surface area contributed by atoms with Crippen molar-refractivity contribution in [1.29, 1.82) is 0 Å². The number of nitrogens with zero attached hydrogens (tertiary/aromatic N) is 2. The molecule has 0 aliphatic carbocycles. The van der Waals surface area contributed by atoms with Gasteiger partial charge in [0.05, 0.1) is 17.6 Å². The van der Waals surface area contributed by atoms with Gasteiger partial charge in [0.1, 0.15) is 18.5 Å². The summed E-state index contributed by atoms with van der Waals surface area (Å²) in [5.41, 5.74) is 3.19. The highest BCUT2D eigenvalue weighted by Gasteiger charge is 2.15. The Bertz CT molecular complexity index is 1290. The lowest BCUT2D eigenvalue weighted by Crippen LogP contribution is -2.35. The molecule has 1 aliphatic rings. The van der Waals surface area contributed by atoms with E-state index >= 15 is 0 Å². The van der Waals surface area contributed by atoms with Crippen LogP contribution in [0, 0.1) is 0 Å². The van der Waals surface area contributed by atoms with Crippen LogP contribution in [0.5, 0.6) is 17.2 Å². The first-order valence-electron chi connectivity index (χ1n) is 10.9. The van der Waals surface area contributed by atoms with Crippen LogP contribution >= 0.6 is 0 Å². The minimum Gasteiger partial charge on any atom is -0.491 e. The molecule has 1 amide bonds. The van der Waals surface area contributed by atoms with Crippen LogP contribution in [-0.2, 0) is 0 Å². The van der Waals surface area contributed by atoms with Gasteiger partial charge < -0.3 is 24.6 Å². The largest absolute Gasteiger partial charge is 0.491 e. The van der Waals surface area contributed by atoms with Crippen LogP contribution in [-0.4, -0.2) is 46.8 Å². The van der Waals surface area contributed by atoms with Gasteiger partial charge in [-0.1, -0.05) is 36.4 Å². The Balaban J connectivity index is 1.19. The van der Waals surface area contributed by atoms with Gasteiger partial charge in [-0.2, -0.15) is 5.10 Å². The van der Waals surface area contributed by atoms with Gasteiger partial charge in [0.25, 0.3) is 5.91 Å². The molecule has 1 aliphatic heterocycles. The Morgan fingerprint density at radius 2 is 1.88 bits per heavy atom. The van der Waals surface area contributed by atoms with Crippen LogP contribution in [0.25, 0.3) is 16.9 Å². The van der Waals surface area contributed by atoms with E-state index in [4.69, 9.17) is 14.2 Å². The maximum absolute atomic E-state index is 12.7. The van der Waals surface area contributed by atoms with E-state index < -0.39 is 6.10 Å². The highest BCUT2D eigenvalue weighted by Crippen LogP contribution is 2.35. The number of nitrogens with one attached hydrogen (secondary N) is 1. The van der Waals surface area contributed by atoms with Gasteiger partial charge in [-0.3, -0.25) is 4.79 Å². The third kappa shape index (κ3) is 4.72. The number of ether oxygens (including phenoxy) is 3.